The quantitative estimate of drug-likeness (QED) is 0.263. The zero-order valence-corrected chi connectivity index (χ0v) is 20.3. The summed E-state index contributed by atoms with van der Waals surface area (Å²) in [5.74, 6) is -0.824. The van der Waals surface area contributed by atoms with Gasteiger partial charge in [0, 0.05) is 16.3 Å². The molecule has 1 N–H and O–H groups in total. The smallest absolute Gasteiger partial charge is 0.300 e. The third-order valence-corrected chi connectivity index (χ3v) is 6.28. The van der Waals surface area contributed by atoms with Crippen molar-refractivity contribution in [1.29, 1.82) is 0 Å². The van der Waals surface area contributed by atoms with Crippen LogP contribution in [0, 0.1) is 6.92 Å². The first-order chi connectivity index (χ1) is 16.2. The molecule has 1 fully saturated rings. The number of amides is 1. The van der Waals surface area contributed by atoms with Gasteiger partial charge in [-0.3, -0.25) is 14.5 Å². The minimum atomic E-state index is -0.786. The third-order valence-electron chi connectivity index (χ3n) is 6.03. The van der Waals surface area contributed by atoms with Crippen LogP contribution in [0.25, 0.3) is 5.76 Å². The van der Waals surface area contributed by atoms with Gasteiger partial charge in [0.15, 0.2) is 0 Å². The molecule has 0 saturated carbocycles. The largest absolute Gasteiger partial charge is 0.507 e. The van der Waals surface area contributed by atoms with Crippen LogP contribution < -0.4 is 9.64 Å². The van der Waals surface area contributed by atoms with E-state index in [1.165, 1.54) is 4.90 Å². The average Bonchev–Trinajstić information content (AvgIpc) is 3.09. The van der Waals surface area contributed by atoms with Crippen molar-refractivity contribution < 1.29 is 19.4 Å². The highest BCUT2D eigenvalue weighted by Crippen LogP contribution is 2.43. The minimum Gasteiger partial charge on any atom is -0.507 e. The highest BCUT2D eigenvalue weighted by molar-refractivity contribution is 6.51. The lowest BCUT2D eigenvalue weighted by molar-refractivity contribution is -0.132. The molecule has 0 aromatic heterocycles. The average molecular weight is 476 g/mol. The maximum absolute atomic E-state index is 13.3. The van der Waals surface area contributed by atoms with Gasteiger partial charge in [-0.2, -0.15) is 0 Å². The molecule has 1 amide bonds. The van der Waals surface area contributed by atoms with Gasteiger partial charge < -0.3 is 9.84 Å². The Bertz CT molecular complexity index is 1290. The molecule has 1 aliphatic heterocycles. The zero-order chi connectivity index (χ0) is 24.6. The molecule has 3 aromatic rings. The molecule has 0 radical (unpaired) electrons. The number of methoxy groups -OCH3 is 1. The fourth-order valence-electron chi connectivity index (χ4n) is 4.34. The molecule has 174 valence electrons. The van der Waals surface area contributed by atoms with Gasteiger partial charge in [0.2, 0.25) is 0 Å². The maximum Gasteiger partial charge on any atom is 0.300 e. The van der Waals surface area contributed by atoms with Crippen LogP contribution in [0.1, 0.15) is 48.1 Å². The van der Waals surface area contributed by atoms with Crippen molar-refractivity contribution in [2.45, 2.75) is 32.7 Å². The fraction of sp³-hybridized carbons (Fsp3) is 0.214. The summed E-state index contributed by atoms with van der Waals surface area (Å²) in [7, 11) is 1.59. The molecular formula is C28H26ClNO4. The molecule has 4 rings (SSSR count). The summed E-state index contributed by atoms with van der Waals surface area (Å²) in [5, 5.41) is 11.9. The number of halogens is 1. The van der Waals surface area contributed by atoms with E-state index in [4.69, 9.17) is 16.3 Å². The zero-order valence-electron chi connectivity index (χ0n) is 19.5. The van der Waals surface area contributed by atoms with Gasteiger partial charge >= 0.3 is 0 Å². The Labute approximate surface area is 204 Å². The molecule has 1 aliphatic rings. The van der Waals surface area contributed by atoms with Crippen molar-refractivity contribution >= 4 is 34.7 Å². The van der Waals surface area contributed by atoms with Crippen LogP contribution in [0.15, 0.2) is 72.3 Å². The Kier molecular flexibility index (Phi) is 6.49. The Morgan fingerprint density at radius 1 is 1.03 bits per heavy atom. The number of carbonyl (C=O) groups is 2. The van der Waals surface area contributed by atoms with E-state index >= 15 is 0 Å². The first kappa shape index (κ1) is 23.6. The van der Waals surface area contributed by atoms with Crippen molar-refractivity contribution in [1.82, 2.24) is 0 Å². The van der Waals surface area contributed by atoms with E-state index < -0.39 is 17.7 Å². The summed E-state index contributed by atoms with van der Waals surface area (Å²) in [6.45, 7) is 5.98. The van der Waals surface area contributed by atoms with Gasteiger partial charge in [-0.25, -0.2) is 0 Å². The predicted octanol–water partition coefficient (Wildman–Crippen LogP) is 6.41. The van der Waals surface area contributed by atoms with Crippen LogP contribution >= 0.6 is 11.6 Å². The number of aryl methyl sites for hydroxylation is 1. The lowest BCUT2D eigenvalue weighted by Gasteiger charge is -2.26. The number of benzene rings is 3. The second-order valence-corrected chi connectivity index (χ2v) is 9.11. The lowest BCUT2D eigenvalue weighted by Crippen LogP contribution is -2.29. The number of nitrogens with zero attached hydrogens (tertiary/aromatic N) is 1. The summed E-state index contributed by atoms with van der Waals surface area (Å²) in [6, 6.07) is 18.8. The SMILES string of the molecule is COc1ccc(/C(O)=C2/C(=O)C(=O)N(c3ccc(Cl)cc3)C2c2cccc(C)c2)cc1C(C)C. The van der Waals surface area contributed by atoms with Crippen molar-refractivity contribution in [2.24, 2.45) is 0 Å². The highest BCUT2D eigenvalue weighted by atomic mass is 35.5. The van der Waals surface area contributed by atoms with Crippen LogP contribution in [-0.4, -0.2) is 23.9 Å². The number of Topliss-reactive ketones (excluding diaryl/α,β-unsaturated/α-hetero) is 1. The summed E-state index contributed by atoms with van der Waals surface area (Å²) in [6.07, 6.45) is 0. The van der Waals surface area contributed by atoms with Gasteiger partial charge in [0.25, 0.3) is 11.7 Å². The standard InChI is InChI=1S/C28H26ClNO4/c1-16(2)22-15-19(8-13-23(22)34-4)26(31)24-25(18-7-5-6-17(3)14-18)30(28(33)27(24)32)21-11-9-20(29)10-12-21/h5-16,25,31H,1-4H3/b26-24-. The number of anilines is 1. The van der Waals surface area contributed by atoms with Crippen LogP contribution in [0.2, 0.25) is 5.02 Å². The van der Waals surface area contributed by atoms with Crippen LogP contribution in [0.5, 0.6) is 5.75 Å². The van der Waals surface area contributed by atoms with Gasteiger partial charge in [-0.1, -0.05) is 55.3 Å². The van der Waals surface area contributed by atoms with Gasteiger partial charge in [-0.05, 0) is 66.4 Å². The molecule has 1 atom stereocenters. The monoisotopic (exact) mass is 475 g/mol. The van der Waals surface area contributed by atoms with E-state index in [1.54, 1.807) is 43.5 Å². The molecule has 1 saturated heterocycles. The minimum absolute atomic E-state index is 0.0467. The van der Waals surface area contributed by atoms with Crippen LogP contribution in [0.3, 0.4) is 0 Å². The highest BCUT2D eigenvalue weighted by Gasteiger charge is 2.47. The Morgan fingerprint density at radius 3 is 2.35 bits per heavy atom. The molecule has 3 aromatic carbocycles. The normalized spacial score (nSPS) is 17.5. The van der Waals surface area contributed by atoms with Gasteiger partial charge in [0.05, 0.1) is 18.7 Å². The molecule has 6 heteroatoms. The Balaban J connectivity index is 1.95. The molecular weight excluding hydrogens is 450 g/mol. The lowest BCUT2D eigenvalue weighted by atomic mass is 9.92. The number of hydrogen-bond donors (Lipinski definition) is 1. The number of aliphatic hydroxyl groups excluding tert-OH is 1. The van der Waals surface area contributed by atoms with E-state index in [1.807, 2.05) is 51.1 Å². The summed E-state index contributed by atoms with van der Waals surface area (Å²) in [4.78, 5) is 28.0. The molecule has 0 spiro atoms. The van der Waals surface area contributed by atoms with E-state index in [0.717, 1.165) is 16.7 Å². The second-order valence-electron chi connectivity index (χ2n) is 8.67. The van der Waals surface area contributed by atoms with Crippen LogP contribution in [0.4, 0.5) is 5.69 Å². The maximum atomic E-state index is 13.3. The number of aliphatic hydroxyl groups is 1. The molecule has 0 bridgehead atoms. The molecule has 1 heterocycles. The molecule has 0 aliphatic carbocycles. The van der Waals surface area contributed by atoms with Crippen molar-refractivity contribution in [3.63, 3.8) is 0 Å². The predicted molar refractivity (Wildman–Crippen MR) is 134 cm³/mol. The van der Waals surface area contributed by atoms with E-state index in [2.05, 4.69) is 0 Å². The Morgan fingerprint density at radius 2 is 1.74 bits per heavy atom. The summed E-state index contributed by atoms with van der Waals surface area (Å²) < 4.78 is 5.46. The van der Waals surface area contributed by atoms with Gasteiger partial charge in [0.1, 0.15) is 11.5 Å². The van der Waals surface area contributed by atoms with Crippen LogP contribution in [-0.2, 0) is 9.59 Å². The molecule has 1 unspecified atom stereocenters. The second kappa shape index (κ2) is 9.35. The van der Waals surface area contributed by atoms with E-state index in [-0.39, 0.29) is 17.3 Å². The number of hydrogen-bond acceptors (Lipinski definition) is 4. The summed E-state index contributed by atoms with van der Waals surface area (Å²) in [5.41, 5.74) is 3.63. The third kappa shape index (κ3) is 4.19. The van der Waals surface area contributed by atoms with Gasteiger partial charge in [-0.15, -0.1) is 0 Å². The van der Waals surface area contributed by atoms with Crippen molar-refractivity contribution in [3.05, 3.63) is 99.6 Å². The topological polar surface area (TPSA) is 66.8 Å². The molecule has 34 heavy (non-hydrogen) atoms. The Hall–Kier alpha value is -3.57. The first-order valence-electron chi connectivity index (χ1n) is 11.0. The molecule has 5 nitrogen and oxygen atoms in total. The van der Waals surface area contributed by atoms with E-state index in [9.17, 15) is 14.7 Å². The summed E-state index contributed by atoms with van der Waals surface area (Å²) >= 11 is 6.05. The first-order valence-corrected chi connectivity index (χ1v) is 11.4. The number of ketones is 1. The number of rotatable bonds is 5. The van der Waals surface area contributed by atoms with Crippen molar-refractivity contribution in [3.8, 4) is 5.75 Å². The van der Waals surface area contributed by atoms with Crippen molar-refractivity contribution in [2.75, 3.05) is 12.0 Å². The fourth-order valence-corrected chi connectivity index (χ4v) is 4.47. The van der Waals surface area contributed by atoms with E-state index in [0.29, 0.717) is 22.0 Å². The number of carbonyl (C=O) groups excluding carboxylic acids is 2. The number of ether oxygens (including phenoxy) is 1.